The third kappa shape index (κ3) is 4.67. The Bertz CT molecular complexity index is 1210. The maximum atomic E-state index is 13.3. The molecule has 1 saturated heterocycles. The molecule has 1 aliphatic rings. The molecule has 2 aromatic carbocycles. The van der Waals surface area contributed by atoms with Crippen LogP contribution in [0.3, 0.4) is 0 Å². The molecule has 1 aromatic heterocycles. The van der Waals surface area contributed by atoms with E-state index in [2.05, 4.69) is 20.5 Å². The highest BCUT2D eigenvalue weighted by atomic mass is 35.5. The van der Waals surface area contributed by atoms with E-state index in [4.69, 9.17) is 11.6 Å². The number of rotatable bonds is 6. The average molecular weight is 455 g/mol. The number of aromatic amines is 1. The highest BCUT2D eigenvalue weighted by Crippen LogP contribution is 2.24. The van der Waals surface area contributed by atoms with Crippen LogP contribution in [0.25, 0.3) is 10.9 Å². The second-order valence-corrected chi connectivity index (χ2v) is 8.10. The molecule has 1 amide bonds. The summed E-state index contributed by atoms with van der Waals surface area (Å²) >= 11 is 6.22. The molecular formula is C23H23ClN4O4. The first-order valence-corrected chi connectivity index (χ1v) is 10.7. The summed E-state index contributed by atoms with van der Waals surface area (Å²) < 4.78 is 0. The van der Waals surface area contributed by atoms with Gasteiger partial charge in [0.15, 0.2) is 0 Å². The van der Waals surface area contributed by atoms with Gasteiger partial charge in [0.25, 0.3) is 5.56 Å². The molecule has 1 unspecified atom stereocenters. The van der Waals surface area contributed by atoms with Gasteiger partial charge in [0.05, 0.1) is 5.52 Å². The van der Waals surface area contributed by atoms with Crippen LogP contribution in [-0.4, -0.2) is 53.0 Å². The molecule has 1 fully saturated rings. The zero-order chi connectivity index (χ0) is 22.7. The largest absolute Gasteiger partial charge is 0.477 e. The summed E-state index contributed by atoms with van der Waals surface area (Å²) in [6.07, 6.45) is 0. The van der Waals surface area contributed by atoms with E-state index in [1.54, 1.807) is 12.1 Å². The van der Waals surface area contributed by atoms with E-state index in [1.165, 1.54) is 6.07 Å². The van der Waals surface area contributed by atoms with Crippen molar-refractivity contribution in [3.8, 4) is 0 Å². The number of carboxylic acids is 1. The molecule has 0 radical (unpaired) electrons. The Morgan fingerprint density at radius 1 is 1.12 bits per heavy atom. The molecule has 1 atom stereocenters. The van der Waals surface area contributed by atoms with Crippen LogP contribution in [0.1, 0.15) is 27.5 Å². The van der Waals surface area contributed by atoms with Crippen LogP contribution in [0.5, 0.6) is 0 Å². The molecule has 3 aromatic rings. The Balaban J connectivity index is 1.62. The molecule has 0 aliphatic carbocycles. The van der Waals surface area contributed by atoms with Crippen LogP contribution in [0.2, 0.25) is 5.02 Å². The maximum Gasteiger partial charge on any atom is 0.341 e. The van der Waals surface area contributed by atoms with E-state index < -0.39 is 17.6 Å². The predicted molar refractivity (Wildman–Crippen MR) is 122 cm³/mol. The number of hydrogen-bond acceptors (Lipinski definition) is 5. The number of H-pyrrole nitrogens is 1. The molecule has 0 saturated carbocycles. The number of aromatic nitrogens is 1. The fourth-order valence-corrected chi connectivity index (χ4v) is 4.28. The minimum Gasteiger partial charge on any atom is -0.477 e. The van der Waals surface area contributed by atoms with Crippen LogP contribution in [0.4, 0.5) is 0 Å². The number of aromatic carboxylic acids is 1. The highest BCUT2D eigenvalue weighted by Gasteiger charge is 2.28. The summed E-state index contributed by atoms with van der Waals surface area (Å²) in [5.74, 6) is -1.47. The first-order valence-electron chi connectivity index (χ1n) is 10.3. The summed E-state index contributed by atoms with van der Waals surface area (Å²) in [5, 5.41) is 16.4. The molecule has 0 bridgehead atoms. The standard InChI is InChI=1S/C23H23ClN4O4/c24-17-10-15-12-18(23(31)32)21(29)27-19(15)16(11-17)13-26-22(30)20(14-4-2-1-3-5-14)28-8-6-25-7-9-28/h1-5,10-12,20,25H,6-9,13H2,(H,26,30)(H,27,29)(H,31,32). The predicted octanol–water partition coefficient (Wildman–Crippen LogP) is 2.14. The fourth-order valence-electron chi connectivity index (χ4n) is 4.04. The molecule has 32 heavy (non-hydrogen) atoms. The van der Waals surface area contributed by atoms with Gasteiger partial charge in [0.1, 0.15) is 11.6 Å². The lowest BCUT2D eigenvalue weighted by Crippen LogP contribution is -2.49. The van der Waals surface area contributed by atoms with E-state index in [-0.39, 0.29) is 18.0 Å². The van der Waals surface area contributed by atoms with Crippen LogP contribution < -0.4 is 16.2 Å². The number of benzene rings is 2. The molecule has 1 aliphatic heterocycles. The third-order valence-electron chi connectivity index (χ3n) is 5.56. The second kappa shape index (κ2) is 9.52. The number of carbonyl (C=O) groups excluding carboxylic acids is 1. The number of hydrogen-bond donors (Lipinski definition) is 4. The number of carboxylic acid groups (broad SMARTS) is 1. The van der Waals surface area contributed by atoms with Gasteiger partial charge in [0.2, 0.25) is 5.91 Å². The second-order valence-electron chi connectivity index (χ2n) is 7.66. The van der Waals surface area contributed by atoms with Gasteiger partial charge in [-0.1, -0.05) is 41.9 Å². The number of piperazine rings is 1. The summed E-state index contributed by atoms with van der Waals surface area (Å²) in [7, 11) is 0. The van der Waals surface area contributed by atoms with Gasteiger partial charge in [-0.25, -0.2) is 4.79 Å². The van der Waals surface area contributed by atoms with Gasteiger partial charge in [-0.2, -0.15) is 0 Å². The van der Waals surface area contributed by atoms with Crippen LogP contribution >= 0.6 is 11.6 Å². The topological polar surface area (TPSA) is 115 Å². The number of amides is 1. The lowest BCUT2D eigenvalue weighted by Gasteiger charge is -2.34. The van der Waals surface area contributed by atoms with Gasteiger partial charge in [-0.3, -0.25) is 14.5 Å². The molecule has 2 heterocycles. The van der Waals surface area contributed by atoms with Crippen molar-refractivity contribution in [2.45, 2.75) is 12.6 Å². The SMILES string of the molecule is O=C(O)c1cc2cc(Cl)cc(CNC(=O)C(c3ccccc3)N3CCNCC3)c2[nH]c1=O. The van der Waals surface area contributed by atoms with Crippen LogP contribution in [0, 0.1) is 0 Å². The fraction of sp³-hybridized carbons (Fsp3) is 0.261. The van der Waals surface area contributed by atoms with Gasteiger partial charge < -0.3 is 20.7 Å². The highest BCUT2D eigenvalue weighted by molar-refractivity contribution is 6.31. The lowest BCUT2D eigenvalue weighted by molar-refractivity contribution is -0.127. The number of halogens is 1. The molecular weight excluding hydrogens is 432 g/mol. The van der Waals surface area contributed by atoms with Crippen molar-refractivity contribution < 1.29 is 14.7 Å². The van der Waals surface area contributed by atoms with Crippen molar-refractivity contribution in [3.63, 3.8) is 0 Å². The van der Waals surface area contributed by atoms with Gasteiger partial charge >= 0.3 is 5.97 Å². The first kappa shape index (κ1) is 22.0. The number of pyridine rings is 1. The van der Waals surface area contributed by atoms with E-state index in [1.807, 2.05) is 30.3 Å². The van der Waals surface area contributed by atoms with Crippen molar-refractivity contribution >= 4 is 34.4 Å². The summed E-state index contributed by atoms with van der Waals surface area (Å²) in [6.45, 7) is 3.25. The molecule has 166 valence electrons. The number of nitrogens with one attached hydrogen (secondary N) is 3. The lowest BCUT2D eigenvalue weighted by atomic mass is 10.0. The quantitative estimate of drug-likeness (QED) is 0.453. The Kier molecular flexibility index (Phi) is 6.55. The van der Waals surface area contributed by atoms with Gasteiger partial charge in [-0.15, -0.1) is 0 Å². The maximum absolute atomic E-state index is 13.3. The van der Waals surface area contributed by atoms with Gasteiger partial charge in [0, 0.05) is 43.1 Å². The van der Waals surface area contributed by atoms with Crippen LogP contribution in [-0.2, 0) is 11.3 Å². The summed E-state index contributed by atoms with van der Waals surface area (Å²) in [4.78, 5) is 41.5. The Morgan fingerprint density at radius 3 is 2.53 bits per heavy atom. The van der Waals surface area contributed by atoms with Gasteiger partial charge in [-0.05, 0) is 29.3 Å². The van der Waals surface area contributed by atoms with Crippen molar-refractivity contribution in [2.75, 3.05) is 26.2 Å². The smallest absolute Gasteiger partial charge is 0.341 e. The monoisotopic (exact) mass is 454 g/mol. The average Bonchev–Trinajstić information content (AvgIpc) is 2.79. The first-order chi connectivity index (χ1) is 15.4. The molecule has 4 rings (SSSR count). The Morgan fingerprint density at radius 2 is 1.84 bits per heavy atom. The molecule has 0 spiro atoms. The summed E-state index contributed by atoms with van der Waals surface area (Å²) in [6, 6.07) is 13.7. The zero-order valence-electron chi connectivity index (χ0n) is 17.2. The molecule has 8 nitrogen and oxygen atoms in total. The summed E-state index contributed by atoms with van der Waals surface area (Å²) in [5.41, 5.74) is 0.882. The van der Waals surface area contributed by atoms with E-state index in [0.29, 0.717) is 21.5 Å². The Labute approximate surface area is 189 Å². The zero-order valence-corrected chi connectivity index (χ0v) is 18.0. The number of fused-ring (bicyclic) bond motifs is 1. The minimum atomic E-state index is -1.32. The van der Waals surface area contributed by atoms with E-state index >= 15 is 0 Å². The van der Waals surface area contributed by atoms with Crippen LogP contribution in [0.15, 0.2) is 53.3 Å². The number of carbonyl (C=O) groups is 2. The minimum absolute atomic E-state index is 0.133. The van der Waals surface area contributed by atoms with Crippen molar-refractivity contribution in [1.82, 2.24) is 20.5 Å². The normalized spacial score (nSPS) is 15.4. The molecule has 4 N–H and O–H groups in total. The van der Waals surface area contributed by atoms with Crippen molar-refractivity contribution in [1.29, 1.82) is 0 Å². The van der Waals surface area contributed by atoms with Crippen molar-refractivity contribution in [2.24, 2.45) is 0 Å². The molecule has 9 heteroatoms. The van der Waals surface area contributed by atoms with E-state index in [0.717, 1.165) is 31.7 Å². The Hall–Kier alpha value is -3.20. The number of nitrogens with zero attached hydrogens (tertiary/aromatic N) is 1. The van der Waals surface area contributed by atoms with Crippen molar-refractivity contribution in [3.05, 3.63) is 80.6 Å². The third-order valence-corrected chi connectivity index (χ3v) is 5.78. The van der Waals surface area contributed by atoms with E-state index in [9.17, 15) is 19.5 Å².